The van der Waals surface area contributed by atoms with Crippen LogP contribution in [0, 0.1) is 5.82 Å². The SMILES string of the molecule is C=CNc1cc(OC)c(NC(=O)/C=C/CN2CCCCC2)cc1C(N)=Nc1ccc(F)c(Cl)c1. The van der Waals surface area contributed by atoms with Gasteiger partial charge in [-0.3, -0.25) is 9.69 Å². The van der Waals surface area contributed by atoms with Crippen LogP contribution in [0.3, 0.4) is 0 Å². The van der Waals surface area contributed by atoms with Crippen LogP contribution in [0.4, 0.5) is 21.5 Å². The number of likely N-dealkylation sites (tertiary alicyclic amines) is 1. The lowest BCUT2D eigenvalue weighted by atomic mass is 10.1. The summed E-state index contributed by atoms with van der Waals surface area (Å²) in [5.74, 6) is -0.267. The summed E-state index contributed by atoms with van der Waals surface area (Å²) in [5, 5.41) is 5.78. The van der Waals surface area contributed by atoms with E-state index in [4.69, 9.17) is 22.1 Å². The number of benzene rings is 2. The quantitative estimate of drug-likeness (QED) is 0.262. The predicted molar refractivity (Wildman–Crippen MR) is 137 cm³/mol. The van der Waals surface area contributed by atoms with Crippen molar-refractivity contribution in [2.75, 3.05) is 37.4 Å². The van der Waals surface area contributed by atoms with Crippen molar-refractivity contribution in [2.45, 2.75) is 19.3 Å². The second-order valence-electron chi connectivity index (χ2n) is 7.79. The maximum Gasteiger partial charge on any atom is 0.248 e. The minimum atomic E-state index is -0.545. The average molecular weight is 486 g/mol. The normalized spacial score (nSPS) is 14.7. The van der Waals surface area contributed by atoms with Gasteiger partial charge in [0, 0.05) is 24.3 Å². The Morgan fingerprint density at radius 3 is 2.71 bits per heavy atom. The summed E-state index contributed by atoms with van der Waals surface area (Å²) in [4.78, 5) is 19.2. The van der Waals surface area contributed by atoms with Crippen molar-refractivity contribution in [3.63, 3.8) is 0 Å². The predicted octanol–water partition coefficient (Wildman–Crippen LogP) is 5.06. The van der Waals surface area contributed by atoms with Crippen LogP contribution in [0.15, 0.2) is 60.3 Å². The van der Waals surface area contributed by atoms with Gasteiger partial charge in [-0.1, -0.05) is 30.7 Å². The van der Waals surface area contributed by atoms with Crippen molar-refractivity contribution in [2.24, 2.45) is 10.7 Å². The first-order valence-electron chi connectivity index (χ1n) is 11.0. The number of carbonyl (C=O) groups is 1. The summed E-state index contributed by atoms with van der Waals surface area (Å²) < 4.78 is 18.9. The molecule has 3 rings (SSSR count). The van der Waals surface area contributed by atoms with Gasteiger partial charge < -0.3 is 21.1 Å². The number of nitrogens with one attached hydrogen (secondary N) is 2. The first kappa shape index (κ1) is 25.3. The molecule has 0 unspecified atom stereocenters. The van der Waals surface area contributed by atoms with E-state index in [1.54, 1.807) is 12.1 Å². The Hall–Kier alpha value is -3.36. The fraction of sp³-hybridized carbons (Fsp3) is 0.280. The summed E-state index contributed by atoms with van der Waals surface area (Å²) in [6, 6.07) is 7.40. The van der Waals surface area contributed by atoms with Crippen LogP contribution in [-0.4, -0.2) is 43.4 Å². The van der Waals surface area contributed by atoms with E-state index in [1.165, 1.54) is 56.8 Å². The van der Waals surface area contributed by atoms with E-state index in [0.717, 1.165) is 19.6 Å². The molecule has 1 aliphatic heterocycles. The molecule has 0 spiro atoms. The van der Waals surface area contributed by atoms with E-state index >= 15 is 0 Å². The molecule has 0 aromatic heterocycles. The molecular weight excluding hydrogens is 457 g/mol. The number of hydrogen-bond donors (Lipinski definition) is 3. The number of amidine groups is 1. The largest absolute Gasteiger partial charge is 0.494 e. The second-order valence-corrected chi connectivity index (χ2v) is 8.20. The molecule has 0 saturated carbocycles. The van der Waals surface area contributed by atoms with Crippen LogP contribution < -0.4 is 21.1 Å². The number of methoxy groups -OCH3 is 1. The zero-order valence-corrected chi connectivity index (χ0v) is 19.9. The zero-order valence-electron chi connectivity index (χ0n) is 19.1. The summed E-state index contributed by atoms with van der Waals surface area (Å²) in [6.45, 7) is 6.53. The summed E-state index contributed by atoms with van der Waals surface area (Å²) >= 11 is 5.85. The van der Waals surface area contributed by atoms with E-state index in [2.05, 4.69) is 27.1 Å². The van der Waals surface area contributed by atoms with Gasteiger partial charge in [-0.25, -0.2) is 9.38 Å². The van der Waals surface area contributed by atoms with Gasteiger partial charge in [0.25, 0.3) is 0 Å². The maximum atomic E-state index is 13.5. The van der Waals surface area contributed by atoms with E-state index in [-0.39, 0.29) is 16.8 Å². The Bertz CT molecular complexity index is 1100. The Kier molecular flexibility index (Phi) is 9.07. The molecule has 9 heteroatoms. The summed E-state index contributed by atoms with van der Waals surface area (Å²) in [5.41, 5.74) is 8.14. The molecule has 1 heterocycles. The zero-order chi connectivity index (χ0) is 24.5. The number of nitrogens with zero attached hydrogens (tertiary/aromatic N) is 2. The Balaban J connectivity index is 1.84. The molecule has 2 aromatic carbocycles. The van der Waals surface area contributed by atoms with Crippen molar-refractivity contribution >= 4 is 40.4 Å². The molecule has 1 aliphatic rings. The lowest BCUT2D eigenvalue weighted by molar-refractivity contribution is -0.111. The lowest BCUT2D eigenvalue weighted by Gasteiger charge is -2.24. The van der Waals surface area contributed by atoms with Gasteiger partial charge in [-0.15, -0.1) is 0 Å². The molecule has 180 valence electrons. The molecule has 4 N–H and O–H groups in total. The van der Waals surface area contributed by atoms with Crippen molar-refractivity contribution < 1.29 is 13.9 Å². The Morgan fingerprint density at radius 2 is 2.03 bits per heavy atom. The third-order valence-electron chi connectivity index (χ3n) is 5.37. The average Bonchev–Trinajstić information content (AvgIpc) is 2.83. The number of rotatable bonds is 9. The van der Waals surface area contributed by atoms with Crippen LogP contribution in [0.1, 0.15) is 24.8 Å². The third kappa shape index (κ3) is 6.82. The molecule has 0 bridgehead atoms. The van der Waals surface area contributed by atoms with Crippen LogP contribution in [-0.2, 0) is 4.79 Å². The minimum Gasteiger partial charge on any atom is -0.494 e. The van der Waals surface area contributed by atoms with Gasteiger partial charge in [0.1, 0.15) is 17.4 Å². The molecule has 0 radical (unpaired) electrons. The molecule has 0 atom stereocenters. The highest BCUT2D eigenvalue weighted by atomic mass is 35.5. The maximum absolute atomic E-state index is 13.5. The number of hydrogen-bond acceptors (Lipinski definition) is 5. The Morgan fingerprint density at radius 1 is 1.26 bits per heavy atom. The standard InChI is InChI=1S/C25H29ClFN5O2/c1-3-29-21-16-23(34-2)22(31-24(33)8-7-13-32-11-5-4-6-12-32)15-18(21)25(28)30-17-9-10-20(27)19(26)14-17/h3,7-10,14-16,29H,1,4-6,11-13H2,2H3,(H2,28,30)(H,31,33)/b8-7+. The van der Waals surface area contributed by atoms with Crippen LogP contribution in [0.2, 0.25) is 5.02 Å². The molecule has 34 heavy (non-hydrogen) atoms. The molecule has 1 fully saturated rings. The molecule has 2 aromatic rings. The number of carbonyl (C=O) groups excluding carboxylic acids is 1. The fourth-order valence-electron chi connectivity index (χ4n) is 3.67. The summed E-state index contributed by atoms with van der Waals surface area (Å²) in [6.07, 6.45) is 8.51. The highest BCUT2D eigenvalue weighted by Gasteiger charge is 2.15. The number of piperidine rings is 1. The third-order valence-corrected chi connectivity index (χ3v) is 5.65. The van der Waals surface area contributed by atoms with Crippen molar-refractivity contribution in [1.29, 1.82) is 0 Å². The molecule has 7 nitrogen and oxygen atoms in total. The fourth-order valence-corrected chi connectivity index (χ4v) is 3.84. The molecule has 1 amide bonds. The van der Waals surface area contributed by atoms with E-state index in [9.17, 15) is 9.18 Å². The molecule has 1 saturated heterocycles. The first-order valence-corrected chi connectivity index (χ1v) is 11.4. The summed E-state index contributed by atoms with van der Waals surface area (Å²) in [7, 11) is 1.51. The number of nitrogens with two attached hydrogens (primary N) is 1. The van der Waals surface area contributed by atoms with E-state index < -0.39 is 5.82 Å². The van der Waals surface area contributed by atoms with E-state index in [1.807, 2.05) is 6.08 Å². The second kappa shape index (κ2) is 12.2. The van der Waals surface area contributed by atoms with Crippen molar-refractivity contribution in [3.8, 4) is 5.75 Å². The highest BCUT2D eigenvalue weighted by Crippen LogP contribution is 2.32. The number of anilines is 2. The smallest absolute Gasteiger partial charge is 0.248 e. The number of halogens is 2. The van der Waals surface area contributed by atoms with Gasteiger partial charge in [0.05, 0.1) is 29.2 Å². The van der Waals surface area contributed by atoms with Gasteiger partial charge in [0.15, 0.2) is 0 Å². The van der Waals surface area contributed by atoms with E-state index in [0.29, 0.717) is 28.4 Å². The Labute approximate surface area is 204 Å². The molecular formula is C25H29ClFN5O2. The first-order chi connectivity index (χ1) is 16.4. The van der Waals surface area contributed by atoms with Crippen LogP contribution in [0.5, 0.6) is 5.75 Å². The lowest BCUT2D eigenvalue weighted by Crippen LogP contribution is -2.29. The van der Waals surface area contributed by atoms with Crippen LogP contribution in [0.25, 0.3) is 0 Å². The van der Waals surface area contributed by atoms with Gasteiger partial charge in [-0.2, -0.15) is 0 Å². The highest BCUT2D eigenvalue weighted by molar-refractivity contribution is 6.31. The van der Waals surface area contributed by atoms with Crippen molar-refractivity contribution in [3.05, 3.63) is 71.7 Å². The molecule has 0 aliphatic carbocycles. The van der Waals surface area contributed by atoms with Gasteiger partial charge in [0.2, 0.25) is 5.91 Å². The van der Waals surface area contributed by atoms with Crippen molar-refractivity contribution in [1.82, 2.24) is 4.90 Å². The minimum absolute atomic E-state index is 0.0579. The van der Waals surface area contributed by atoms with Gasteiger partial charge >= 0.3 is 0 Å². The topological polar surface area (TPSA) is 92.0 Å². The number of ether oxygens (including phenoxy) is 1. The van der Waals surface area contributed by atoms with Gasteiger partial charge in [-0.05, 0) is 56.4 Å². The monoisotopic (exact) mass is 485 g/mol. The number of aliphatic imine (C=N–C) groups is 1. The van der Waals surface area contributed by atoms with Crippen LogP contribution >= 0.6 is 11.6 Å². The number of amides is 1.